The summed E-state index contributed by atoms with van der Waals surface area (Å²) in [6, 6.07) is 6.52. The second-order valence-electron chi connectivity index (χ2n) is 4.11. The van der Waals surface area contributed by atoms with Crippen LogP contribution in [0.25, 0.3) is 0 Å². The fourth-order valence-corrected chi connectivity index (χ4v) is 2.37. The highest BCUT2D eigenvalue weighted by Gasteiger charge is 2.11. The van der Waals surface area contributed by atoms with E-state index in [1.165, 1.54) is 11.1 Å². The molecule has 2 heterocycles. The van der Waals surface area contributed by atoms with Crippen molar-refractivity contribution in [1.29, 1.82) is 0 Å². The highest BCUT2D eigenvalue weighted by Crippen LogP contribution is 2.19. The van der Waals surface area contributed by atoms with Gasteiger partial charge in [0.25, 0.3) is 0 Å². The minimum absolute atomic E-state index is 0.300. The molecule has 1 N–H and O–H groups in total. The number of hydrogen-bond acceptors (Lipinski definition) is 3. The Bertz CT molecular complexity index is 487. The van der Waals surface area contributed by atoms with Crippen LogP contribution in [0.1, 0.15) is 24.1 Å². The molecule has 94 valence electrons. The molecule has 0 saturated carbocycles. The Hall–Kier alpha value is -1.26. The fourth-order valence-electron chi connectivity index (χ4n) is 1.95. The Labute approximate surface area is 116 Å². The third kappa shape index (κ3) is 3.62. The van der Waals surface area contributed by atoms with Crippen molar-refractivity contribution in [2.75, 3.05) is 6.54 Å². The lowest BCUT2D eigenvalue weighted by Gasteiger charge is -2.18. The average molecular weight is 306 g/mol. The minimum Gasteiger partial charge on any atom is -0.310 e. The van der Waals surface area contributed by atoms with Crippen LogP contribution in [0.3, 0.4) is 0 Å². The maximum Gasteiger partial charge on any atom is 0.0410 e. The van der Waals surface area contributed by atoms with Crippen molar-refractivity contribution in [3.8, 4) is 0 Å². The number of hydrogen-bond donors (Lipinski definition) is 1. The SMILES string of the molecule is CCNC(Cc1cncc(Br)c1)c1ccncc1. The number of halogens is 1. The van der Waals surface area contributed by atoms with Crippen molar-refractivity contribution in [2.24, 2.45) is 0 Å². The van der Waals surface area contributed by atoms with Crippen LogP contribution >= 0.6 is 15.9 Å². The van der Waals surface area contributed by atoms with Gasteiger partial charge in [-0.2, -0.15) is 0 Å². The third-order valence-electron chi connectivity index (χ3n) is 2.76. The topological polar surface area (TPSA) is 37.8 Å². The van der Waals surface area contributed by atoms with Gasteiger partial charge in [0.2, 0.25) is 0 Å². The van der Waals surface area contributed by atoms with Gasteiger partial charge in [0.05, 0.1) is 0 Å². The summed E-state index contributed by atoms with van der Waals surface area (Å²) in [7, 11) is 0. The van der Waals surface area contributed by atoms with E-state index in [-0.39, 0.29) is 0 Å². The average Bonchev–Trinajstić information content (AvgIpc) is 2.39. The van der Waals surface area contributed by atoms with Crippen molar-refractivity contribution in [1.82, 2.24) is 15.3 Å². The molecule has 0 radical (unpaired) electrons. The van der Waals surface area contributed by atoms with Gasteiger partial charge in [-0.1, -0.05) is 6.92 Å². The van der Waals surface area contributed by atoms with Crippen LogP contribution in [0.4, 0.5) is 0 Å². The molecular weight excluding hydrogens is 290 g/mol. The maximum absolute atomic E-state index is 4.20. The van der Waals surface area contributed by atoms with Gasteiger partial charge >= 0.3 is 0 Å². The van der Waals surface area contributed by atoms with Crippen LogP contribution in [-0.4, -0.2) is 16.5 Å². The summed E-state index contributed by atoms with van der Waals surface area (Å²) in [6.45, 7) is 3.06. The lowest BCUT2D eigenvalue weighted by Crippen LogP contribution is -2.23. The summed E-state index contributed by atoms with van der Waals surface area (Å²) in [6.07, 6.45) is 8.30. The third-order valence-corrected chi connectivity index (χ3v) is 3.19. The molecule has 2 rings (SSSR count). The van der Waals surface area contributed by atoms with Crippen molar-refractivity contribution < 1.29 is 0 Å². The first-order valence-electron chi connectivity index (χ1n) is 6.02. The molecule has 1 atom stereocenters. The van der Waals surface area contributed by atoms with Gasteiger partial charge in [0.1, 0.15) is 0 Å². The molecule has 1 unspecified atom stereocenters. The first-order chi connectivity index (χ1) is 8.79. The predicted molar refractivity (Wildman–Crippen MR) is 76.3 cm³/mol. The molecule has 0 aliphatic carbocycles. The molecule has 0 aliphatic rings. The van der Waals surface area contributed by atoms with E-state index in [0.29, 0.717) is 6.04 Å². The molecule has 0 bridgehead atoms. The summed E-state index contributed by atoms with van der Waals surface area (Å²) < 4.78 is 1.02. The van der Waals surface area contributed by atoms with Crippen LogP contribution in [-0.2, 0) is 6.42 Å². The lowest BCUT2D eigenvalue weighted by molar-refractivity contribution is 0.548. The summed E-state index contributed by atoms with van der Waals surface area (Å²) in [5.41, 5.74) is 2.47. The first-order valence-corrected chi connectivity index (χ1v) is 6.81. The molecule has 2 aromatic rings. The molecule has 0 spiro atoms. The highest BCUT2D eigenvalue weighted by molar-refractivity contribution is 9.10. The molecule has 2 aromatic heterocycles. The molecule has 0 aromatic carbocycles. The van der Waals surface area contributed by atoms with Gasteiger partial charge in [0.15, 0.2) is 0 Å². The van der Waals surface area contributed by atoms with E-state index in [0.717, 1.165) is 17.4 Å². The Morgan fingerprint density at radius 1 is 1.22 bits per heavy atom. The van der Waals surface area contributed by atoms with E-state index in [9.17, 15) is 0 Å². The van der Waals surface area contributed by atoms with Gasteiger partial charge in [-0.15, -0.1) is 0 Å². The van der Waals surface area contributed by atoms with E-state index >= 15 is 0 Å². The van der Waals surface area contributed by atoms with Crippen LogP contribution in [0.15, 0.2) is 47.5 Å². The largest absolute Gasteiger partial charge is 0.310 e. The monoisotopic (exact) mass is 305 g/mol. The zero-order valence-corrected chi connectivity index (χ0v) is 11.9. The molecule has 0 fully saturated rings. The van der Waals surface area contributed by atoms with Crippen LogP contribution in [0.5, 0.6) is 0 Å². The van der Waals surface area contributed by atoms with Crippen LogP contribution < -0.4 is 5.32 Å². The summed E-state index contributed by atoms with van der Waals surface area (Å²) >= 11 is 3.45. The van der Waals surface area contributed by atoms with Gasteiger partial charge in [-0.05, 0) is 58.2 Å². The molecule has 3 nitrogen and oxygen atoms in total. The van der Waals surface area contributed by atoms with Crippen LogP contribution in [0.2, 0.25) is 0 Å². The Morgan fingerprint density at radius 3 is 2.67 bits per heavy atom. The van der Waals surface area contributed by atoms with Crippen LogP contribution in [0, 0.1) is 0 Å². The molecule has 0 saturated heterocycles. The molecule has 4 heteroatoms. The zero-order valence-electron chi connectivity index (χ0n) is 10.3. The number of aromatic nitrogens is 2. The van der Waals surface area contributed by atoms with E-state index in [4.69, 9.17) is 0 Å². The maximum atomic E-state index is 4.20. The van der Waals surface area contributed by atoms with E-state index < -0.39 is 0 Å². The van der Waals surface area contributed by atoms with Crippen molar-refractivity contribution in [3.63, 3.8) is 0 Å². The van der Waals surface area contributed by atoms with Gasteiger partial charge in [-0.25, -0.2) is 0 Å². The van der Waals surface area contributed by atoms with Gasteiger partial charge in [-0.3, -0.25) is 9.97 Å². The van der Waals surface area contributed by atoms with E-state index in [1.54, 1.807) is 6.20 Å². The normalized spacial score (nSPS) is 12.3. The highest BCUT2D eigenvalue weighted by atomic mass is 79.9. The Morgan fingerprint density at radius 2 is 2.00 bits per heavy atom. The summed E-state index contributed by atoms with van der Waals surface area (Å²) in [5, 5.41) is 3.50. The Kier molecular flexibility index (Phi) is 4.84. The zero-order chi connectivity index (χ0) is 12.8. The van der Waals surface area contributed by atoms with Gasteiger partial charge < -0.3 is 5.32 Å². The molecule has 0 aliphatic heterocycles. The Balaban J connectivity index is 2.16. The number of pyridine rings is 2. The van der Waals surface area contributed by atoms with Crippen molar-refractivity contribution in [2.45, 2.75) is 19.4 Å². The minimum atomic E-state index is 0.300. The standard InChI is InChI=1S/C14H16BrN3/c1-2-18-14(12-3-5-16-6-4-12)8-11-7-13(15)10-17-9-11/h3-7,9-10,14,18H,2,8H2,1H3. The van der Waals surface area contributed by atoms with E-state index in [1.807, 2.05) is 18.6 Å². The first kappa shape index (κ1) is 13.2. The number of likely N-dealkylation sites (N-methyl/N-ethyl adjacent to an activating group) is 1. The second-order valence-corrected chi connectivity index (χ2v) is 5.02. The molecular formula is C14H16BrN3. The number of nitrogens with zero attached hydrogens (tertiary/aromatic N) is 2. The van der Waals surface area contributed by atoms with Crippen molar-refractivity contribution >= 4 is 15.9 Å². The summed E-state index contributed by atoms with van der Waals surface area (Å²) in [5.74, 6) is 0. The quantitative estimate of drug-likeness (QED) is 0.922. The van der Waals surface area contributed by atoms with Gasteiger partial charge in [0, 0.05) is 35.3 Å². The molecule has 18 heavy (non-hydrogen) atoms. The lowest BCUT2D eigenvalue weighted by atomic mass is 10.0. The van der Waals surface area contributed by atoms with E-state index in [2.05, 4.69) is 56.3 Å². The summed E-state index contributed by atoms with van der Waals surface area (Å²) in [4.78, 5) is 8.27. The predicted octanol–water partition coefficient (Wildman–Crippen LogP) is 3.13. The fraction of sp³-hybridized carbons (Fsp3) is 0.286. The molecule has 0 amide bonds. The smallest absolute Gasteiger partial charge is 0.0410 e. The van der Waals surface area contributed by atoms with Crippen molar-refractivity contribution in [3.05, 3.63) is 58.6 Å². The second kappa shape index (κ2) is 6.61. The number of nitrogens with one attached hydrogen (secondary N) is 1. The number of rotatable bonds is 5.